The Labute approximate surface area is 282 Å². The molecule has 9 heteroatoms. The molecule has 0 radical (unpaired) electrons. The summed E-state index contributed by atoms with van der Waals surface area (Å²) in [6.07, 6.45) is -4.45. The van der Waals surface area contributed by atoms with E-state index in [9.17, 15) is 22.8 Å². The number of amides is 2. The van der Waals surface area contributed by atoms with Crippen LogP contribution in [-0.2, 0) is 12.7 Å². The van der Waals surface area contributed by atoms with E-state index >= 15 is 0 Å². The van der Waals surface area contributed by atoms with Crippen LogP contribution >= 0.6 is 0 Å². The van der Waals surface area contributed by atoms with Crippen molar-refractivity contribution in [3.63, 3.8) is 0 Å². The Morgan fingerprint density at radius 2 is 1.43 bits per heavy atom. The number of likely N-dealkylation sites (N-methyl/N-ethyl adjacent to an activating group) is 1. The van der Waals surface area contributed by atoms with Crippen LogP contribution < -0.4 is 10.6 Å². The average Bonchev–Trinajstić information content (AvgIpc) is 3.11. The molecule has 49 heavy (non-hydrogen) atoms. The Morgan fingerprint density at radius 1 is 0.755 bits per heavy atom. The van der Waals surface area contributed by atoms with Crippen molar-refractivity contribution in [1.82, 2.24) is 15.2 Å². The second-order valence-corrected chi connectivity index (χ2v) is 11.8. The van der Waals surface area contributed by atoms with Gasteiger partial charge in [-0.3, -0.25) is 14.5 Å². The predicted octanol–water partition coefficient (Wildman–Crippen LogP) is 8.78. The number of hydrogen-bond acceptors (Lipinski definition) is 4. The van der Waals surface area contributed by atoms with Crippen molar-refractivity contribution in [2.24, 2.45) is 0 Å². The van der Waals surface area contributed by atoms with Crippen LogP contribution in [-0.4, -0.2) is 35.3 Å². The quantitative estimate of drug-likeness (QED) is 0.154. The SMILES string of the molecule is CN(Cc1ccccc1)C[C@@H](NC(=O)c1ccc2nc(NC(=O)c3ccccc3-c3ccc(C(F)(F)F)cc3)ccc2c1)c1ccccc1. The molecule has 0 saturated carbocycles. The molecule has 2 amide bonds. The van der Waals surface area contributed by atoms with Gasteiger partial charge in [0.15, 0.2) is 0 Å². The molecule has 0 aliphatic heterocycles. The van der Waals surface area contributed by atoms with E-state index in [1.807, 2.05) is 55.6 Å². The van der Waals surface area contributed by atoms with E-state index < -0.39 is 17.6 Å². The molecule has 0 unspecified atom stereocenters. The van der Waals surface area contributed by atoms with E-state index in [2.05, 4.69) is 32.7 Å². The number of pyridine rings is 1. The number of nitrogens with zero attached hydrogens (tertiary/aromatic N) is 2. The summed E-state index contributed by atoms with van der Waals surface area (Å²) < 4.78 is 39.2. The maximum absolute atomic E-state index is 13.5. The first-order valence-electron chi connectivity index (χ1n) is 15.7. The van der Waals surface area contributed by atoms with E-state index in [1.165, 1.54) is 17.7 Å². The van der Waals surface area contributed by atoms with Crippen LogP contribution in [0, 0.1) is 0 Å². The van der Waals surface area contributed by atoms with Gasteiger partial charge >= 0.3 is 6.18 Å². The monoisotopic (exact) mass is 658 g/mol. The van der Waals surface area contributed by atoms with Gasteiger partial charge in [0.25, 0.3) is 11.8 Å². The molecule has 6 rings (SSSR count). The van der Waals surface area contributed by atoms with Gasteiger partial charge in [0.2, 0.25) is 0 Å². The van der Waals surface area contributed by atoms with E-state index in [0.29, 0.717) is 45.5 Å². The van der Waals surface area contributed by atoms with Crippen LogP contribution in [0.5, 0.6) is 0 Å². The highest BCUT2D eigenvalue weighted by Gasteiger charge is 2.30. The first kappa shape index (κ1) is 33.1. The number of carbonyl (C=O) groups is 2. The van der Waals surface area contributed by atoms with Crippen molar-refractivity contribution < 1.29 is 22.8 Å². The third-order valence-electron chi connectivity index (χ3n) is 8.18. The van der Waals surface area contributed by atoms with Crippen LogP contribution in [0.4, 0.5) is 19.0 Å². The summed E-state index contributed by atoms with van der Waals surface area (Å²) in [4.78, 5) is 33.6. The number of alkyl halides is 3. The second-order valence-electron chi connectivity index (χ2n) is 11.8. The van der Waals surface area contributed by atoms with Crippen LogP contribution in [0.3, 0.4) is 0 Å². The molecule has 0 spiro atoms. The maximum atomic E-state index is 13.5. The Balaban J connectivity index is 1.16. The van der Waals surface area contributed by atoms with E-state index in [4.69, 9.17) is 0 Å². The summed E-state index contributed by atoms with van der Waals surface area (Å²) in [7, 11) is 2.03. The van der Waals surface area contributed by atoms with Gasteiger partial charge in [0.1, 0.15) is 5.82 Å². The molecule has 0 aliphatic rings. The van der Waals surface area contributed by atoms with Gasteiger partial charge < -0.3 is 10.6 Å². The van der Waals surface area contributed by atoms with E-state index in [1.54, 1.807) is 54.6 Å². The van der Waals surface area contributed by atoms with Crippen molar-refractivity contribution in [3.05, 3.63) is 167 Å². The normalized spacial score (nSPS) is 12.1. The highest BCUT2D eigenvalue weighted by molar-refractivity contribution is 6.08. The minimum atomic E-state index is -4.45. The zero-order valence-electron chi connectivity index (χ0n) is 26.6. The Hall–Kier alpha value is -5.80. The van der Waals surface area contributed by atoms with Crippen LogP contribution in [0.25, 0.3) is 22.0 Å². The lowest BCUT2D eigenvalue weighted by Crippen LogP contribution is -2.36. The van der Waals surface area contributed by atoms with Gasteiger partial charge in [-0.05, 0) is 77.8 Å². The number of carbonyl (C=O) groups excluding carboxylic acids is 2. The Morgan fingerprint density at radius 3 is 2.14 bits per heavy atom. The highest BCUT2D eigenvalue weighted by atomic mass is 19.4. The number of rotatable bonds is 10. The van der Waals surface area contributed by atoms with E-state index in [-0.39, 0.29) is 11.9 Å². The molecule has 0 bridgehead atoms. The van der Waals surface area contributed by atoms with Crippen molar-refractivity contribution in [2.45, 2.75) is 18.8 Å². The van der Waals surface area contributed by atoms with Crippen molar-refractivity contribution in [2.75, 3.05) is 18.9 Å². The third kappa shape index (κ3) is 8.20. The van der Waals surface area contributed by atoms with Gasteiger partial charge in [-0.1, -0.05) is 91.0 Å². The molecule has 0 aliphatic carbocycles. The molecule has 246 valence electrons. The number of benzene rings is 5. The number of nitrogens with one attached hydrogen (secondary N) is 2. The molecule has 6 aromatic rings. The van der Waals surface area contributed by atoms with Gasteiger partial charge in [-0.15, -0.1) is 0 Å². The number of aromatic nitrogens is 1. The summed E-state index contributed by atoms with van der Waals surface area (Å²) in [6, 6.07) is 39.8. The lowest BCUT2D eigenvalue weighted by Gasteiger charge is -2.25. The smallest absolute Gasteiger partial charge is 0.344 e. The van der Waals surface area contributed by atoms with Gasteiger partial charge in [0.05, 0.1) is 17.1 Å². The Bertz CT molecular complexity index is 2070. The van der Waals surface area contributed by atoms with Gasteiger partial charge in [0, 0.05) is 29.6 Å². The van der Waals surface area contributed by atoms with Crippen LogP contribution in [0.2, 0.25) is 0 Å². The molecule has 1 heterocycles. The standard InChI is InChI=1S/C40H33F3N4O2/c1-47(25-27-10-4-2-5-11-27)26-36(29-12-6-3-7-13-29)45-38(48)31-18-22-35-30(24-31)19-23-37(44-35)46-39(49)34-15-9-8-14-33(34)28-16-20-32(21-17-28)40(41,42)43/h2-24,36H,25-26H2,1H3,(H,45,48)(H,44,46,49)/t36-/m1/s1. The summed E-state index contributed by atoms with van der Waals surface area (Å²) in [5.41, 5.74) is 3.73. The average molecular weight is 659 g/mol. The fourth-order valence-electron chi connectivity index (χ4n) is 5.72. The maximum Gasteiger partial charge on any atom is 0.416 e. The molecular formula is C40H33F3N4O2. The molecule has 6 nitrogen and oxygen atoms in total. The molecule has 5 aromatic carbocycles. The number of hydrogen-bond donors (Lipinski definition) is 2. The fraction of sp³-hybridized carbons (Fsp3) is 0.125. The molecule has 2 N–H and O–H groups in total. The van der Waals surface area contributed by atoms with Crippen LogP contribution in [0.1, 0.15) is 43.4 Å². The second kappa shape index (κ2) is 14.5. The predicted molar refractivity (Wildman–Crippen MR) is 186 cm³/mol. The summed E-state index contributed by atoms with van der Waals surface area (Å²) in [5.74, 6) is -0.383. The minimum absolute atomic E-state index is 0.221. The number of fused-ring (bicyclic) bond motifs is 1. The zero-order chi connectivity index (χ0) is 34.4. The number of anilines is 1. The van der Waals surface area contributed by atoms with Gasteiger partial charge in [-0.25, -0.2) is 4.98 Å². The third-order valence-corrected chi connectivity index (χ3v) is 8.18. The van der Waals surface area contributed by atoms with Crippen molar-refractivity contribution in [1.29, 1.82) is 0 Å². The van der Waals surface area contributed by atoms with Crippen LogP contribution in [0.15, 0.2) is 140 Å². The zero-order valence-corrected chi connectivity index (χ0v) is 26.6. The van der Waals surface area contributed by atoms with Gasteiger partial charge in [-0.2, -0.15) is 13.2 Å². The molecular weight excluding hydrogens is 625 g/mol. The molecule has 1 atom stereocenters. The lowest BCUT2D eigenvalue weighted by atomic mass is 9.98. The largest absolute Gasteiger partial charge is 0.416 e. The molecule has 0 saturated heterocycles. The molecule has 1 aromatic heterocycles. The minimum Gasteiger partial charge on any atom is -0.344 e. The van der Waals surface area contributed by atoms with Crippen molar-refractivity contribution >= 4 is 28.5 Å². The highest BCUT2D eigenvalue weighted by Crippen LogP contribution is 2.32. The Kier molecular flexibility index (Phi) is 9.82. The molecule has 0 fully saturated rings. The first-order chi connectivity index (χ1) is 23.6. The summed E-state index contributed by atoms with van der Waals surface area (Å²) in [5, 5.41) is 6.72. The lowest BCUT2D eigenvalue weighted by molar-refractivity contribution is -0.137. The fourth-order valence-corrected chi connectivity index (χ4v) is 5.72. The van der Waals surface area contributed by atoms with E-state index in [0.717, 1.165) is 24.2 Å². The summed E-state index contributed by atoms with van der Waals surface area (Å²) in [6.45, 7) is 1.34. The number of halogens is 3. The van der Waals surface area contributed by atoms with Crippen molar-refractivity contribution in [3.8, 4) is 11.1 Å². The first-order valence-corrected chi connectivity index (χ1v) is 15.7. The topological polar surface area (TPSA) is 74.3 Å². The summed E-state index contributed by atoms with van der Waals surface area (Å²) >= 11 is 0.